The number of carbonyl (C=O) groups is 3. The second-order valence-electron chi connectivity index (χ2n) is 5.76. The van der Waals surface area contributed by atoms with Crippen molar-refractivity contribution in [2.75, 3.05) is 18.5 Å². The van der Waals surface area contributed by atoms with E-state index in [1.165, 1.54) is 23.1 Å². The van der Waals surface area contributed by atoms with E-state index >= 15 is 0 Å². The van der Waals surface area contributed by atoms with Gasteiger partial charge in [0, 0.05) is 10.9 Å². The van der Waals surface area contributed by atoms with Gasteiger partial charge in [0.2, 0.25) is 0 Å². The van der Waals surface area contributed by atoms with Crippen molar-refractivity contribution in [1.82, 2.24) is 4.98 Å². The molecule has 0 unspecified atom stereocenters. The van der Waals surface area contributed by atoms with Crippen LogP contribution in [0.3, 0.4) is 0 Å². The minimum atomic E-state index is -0.371. The third-order valence-corrected chi connectivity index (χ3v) is 5.83. The topological polar surface area (TPSA) is 94.6 Å². The van der Waals surface area contributed by atoms with E-state index in [0.29, 0.717) is 33.6 Å². The summed E-state index contributed by atoms with van der Waals surface area (Å²) in [5.74, 6) is -0.0898. The van der Waals surface area contributed by atoms with Gasteiger partial charge in [0.1, 0.15) is 5.75 Å². The Balaban J connectivity index is 1.64. The molecule has 1 aliphatic heterocycles. The largest absolute Gasteiger partial charge is 0.482 e. The second kappa shape index (κ2) is 8.53. The van der Waals surface area contributed by atoms with Crippen LogP contribution in [0.5, 0.6) is 5.75 Å². The summed E-state index contributed by atoms with van der Waals surface area (Å²) in [6, 6.07) is 4.99. The first kappa shape index (κ1) is 19.4. The summed E-state index contributed by atoms with van der Waals surface area (Å²) < 4.78 is 10.9. The predicted octanol–water partition coefficient (Wildman–Crippen LogP) is 2.94. The van der Waals surface area contributed by atoms with Gasteiger partial charge >= 0.3 is 5.97 Å². The number of fused-ring (bicyclic) bond motifs is 1. The molecule has 1 aliphatic rings. The van der Waals surface area contributed by atoms with E-state index in [0.717, 1.165) is 0 Å². The molecular weight excluding hydrogens is 388 g/mol. The maximum absolute atomic E-state index is 12.7. The van der Waals surface area contributed by atoms with E-state index in [4.69, 9.17) is 9.47 Å². The lowest BCUT2D eigenvalue weighted by Crippen LogP contribution is -2.25. The molecule has 0 fully saturated rings. The normalized spacial score (nSPS) is 13.9. The Morgan fingerprint density at radius 2 is 2.26 bits per heavy atom. The van der Waals surface area contributed by atoms with E-state index in [1.54, 1.807) is 37.4 Å². The van der Waals surface area contributed by atoms with Crippen molar-refractivity contribution < 1.29 is 23.9 Å². The summed E-state index contributed by atoms with van der Waals surface area (Å²) in [5, 5.41) is 4.12. The van der Waals surface area contributed by atoms with Crippen molar-refractivity contribution in [3.63, 3.8) is 0 Å². The minimum absolute atomic E-state index is 0.0231. The number of thioether (sulfide) groups is 1. The zero-order valence-corrected chi connectivity index (χ0v) is 16.4. The third kappa shape index (κ3) is 4.86. The molecule has 2 aromatic rings. The number of Topliss-reactive ketones (excluding diaryl/α,β-unsaturated/α-hetero) is 1. The number of amides is 1. The summed E-state index contributed by atoms with van der Waals surface area (Å²) in [4.78, 5) is 40.1. The number of hydrogen-bond donors (Lipinski definition) is 1. The molecule has 2 heterocycles. The summed E-state index contributed by atoms with van der Waals surface area (Å²) in [5.41, 5.74) is 1.62. The maximum atomic E-state index is 12.7. The minimum Gasteiger partial charge on any atom is -0.482 e. The van der Waals surface area contributed by atoms with E-state index < -0.39 is 0 Å². The number of anilines is 1. The van der Waals surface area contributed by atoms with Crippen LogP contribution in [0, 0.1) is 0 Å². The average Bonchev–Trinajstić information content (AvgIpc) is 3.07. The highest BCUT2D eigenvalue weighted by Gasteiger charge is 2.22. The molecule has 0 saturated heterocycles. The van der Waals surface area contributed by atoms with Crippen molar-refractivity contribution in [3.05, 3.63) is 34.8 Å². The highest BCUT2D eigenvalue weighted by molar-refractivity contribution is 8.02. The van der Waals surface area contributed by atoms with Gasteiger partial charge in [-0.2, -0.15) is 0 Å². The number of thiazole rings is 1. The van der Waals surface area contributed by atoms with Crippen LogP contribution >= 0.6 is 23.1 Å². The number of carbonyl (C=O) groups excluding carboxylic acids is 3. The lowest BCUT2D eigenvalue weighted by atomic mass is 10.1. The smallest absolute Gasteiger partial charge is 0.311 e. The molecule has 0 radical (unpaired) electrons. The van der Waals surface area contributed by atoms with Crippen molar-refractivity contribution >= 4 is 46.4 Å². The van der Waals surface area contributed by atoms with Crippen LogP contribution in [-0.2, 0) is 20.7 Å². The fraction of sp³-hybridized carbons (Fsp3) is 0.333. The Hall–Kier alpha value is -2.39. The Kier molecular flexibility index (Phi) is 6.12. The Labute approximate surface area is 164 Å². The molecule has 142 valence electrons. The van der Waals surface area contributed by atoms with Gasteiger partial charge in [-0.3, -0.25) is 14.4 Å². The Morgan fingerprint density at radius 1 is 1.44 bits per heavy atom. The zero-order valence-electron chi connectivity index (χ0n) is 14.8. The molecule has 0 aliphatic carbocycles. The van der Waals surface area contributed by atoms with E-state index in [2.05, 4.69) is 10.3 Å². The van der Waals surface area contributed by atoms with Crippen LogP contribution in [-0.4, -0.2) is 41.1 Å². The molecule has 1 atom stereocenters. The second-order valence-corrected chi connectivity index (χ2v) is 8.20. The highest BCUT2D eigenvalue weighted by atomic mass is 32.2. The van der Waals surface area contributed by atoms with Crippen LogP contribution in [0.25, 0.3) is 0 Å². The summed E-state index contributed by atoms with van der Waals surface area (Å²) >= 11 is 2.72. The van der Waals surface area contributed by atoms with Gasteiger partial charge in [-0.25, -0.2) is 4.98 Å². The van der Waals surface area contributed by atoms with Gasteiger partial charge in [0.25, 0.3) is 5.91 Å². The molecule has 1 aromatic heterocycles. The van der Waals surface area contributed by atoms with Gasteiger partial charge in [0.05, 0.1) is 29.7 Å². The molecule has 0 bridgehead atoms. The number of rotatable bonds is 7. The molecular formula is C18H18N2O5S2. The first-order chi connectivity index (χ1) is 13.0. The number of nitrogens with zero attached hydrogens (tertiary/aromatic N) is 1. The predicted molar refractivity (Wildman–Crippen MR) is 103 cm³/mol. The number of nitrogens with one attached hydrogen (secondary N) is 1. The number of esters is 1. The summed E-state index contributed by atoms with van der Waals surface area (Å²) in [6.45, 7) is 3.87. The van der Waals surface area contributed by atoms with E-state index in [9.17, 15) is 14.4 Å². The van der Waals surface area contributed by atoms with Crippen LogP contribution in [0.2, 0.25) is 0 Å². The van der Waals surface area contributed by atoms with Gasteiger partial charge in [-0.15, -0.1) is 11.3 Å². The number of aromatic nitrogens is 1. The summed E-state index contributed by atoms with van der Waals surface area (Å²) in [6.07, 6.45) is 0.123. The number of hydrogen-bond acceptors (Lipinski definition) is 8. The van der Waals surface area contributed by atoms with E-state index in [1.807, 2.05) is 0 Å². The third-order valence-electron chi connectivity index (χ3n) is 3.71. The Bertz CT molecular complexity index is 880. The molecule has 27 heavy (non-hydrogen) atoms. The lowest BCUT2D eigenvalue weighted by Gasteiger charge is -2.18. The molecule has 1 amide bonds. The molecule has 3 rings (SSSR count). The van der Waals surface area contributed by atoms with Crippen LogP contribution in [0.4, 0.5) is 5.69 Å². The van der Waals surface area contributed by atoms with Crippen molar-refractivity contribution in [2.45, 2.75) is 29.9 Å². The zero-order chi connectivity index (χ0) is 19.4. The highest BCUT2D eigenvalue weighted by Crippen LogP contribution is 2.32. The van der Waals surface area contributed by atoms with Crippen molar-refractivity contribution in [3.8, 4) is 5.75 Å². The number of ketones is 1. The molecule has 1 N–H and O–H groups in total. The molecule has 0 saturated carbocycles. The van der Waals surface area contributed by atoms with Crippen molar-refractivity contribution in [2.24, 2.45) is 0 Å². The molecule has 0 spiro atoms. The molecule has 9 heteroatoms. The number of benzene rings is 1. The SMILES string of the molecule is CCOC(=O)Cc1csc(S[C@@H](C)C(=O)c2ccc3c(c2)NC(=O)CO3)n1. The van der Waals surface area contributed by atoms with Gasteiger partial charge in [-0.1, -0.05) is 11.8 Å². The average molecular weight is 406 g/mol. The lowest BCUT2D eigenvalue weighted by molar-refractivity contribution is -0.142. The van der Waals surface area contributed by atoms with Crippen molar-refractivity contribution in [1.29, 1.82) is 0 Å². The fourth-order valence-corrected chi connectivity index (χ4v) is 4.52. The quantitative estimate of drug-likeness (QED) is 0.429. The monoisotopic (exact) mass is 406 g/mol. The van der Waals surface area contributed by atoms with Crippen LogP contribution < -0.4 is 10.1 Å². The van der Waals surface area contributed by atoms with Gasteiger partial charge < -0.3 is 14.8 Å². The van der Waals surface area contributed by atoms with Crippen LogP contribution in [0.15, 0.2) is 27.9 Å². The first-order valence-corrected chi connectivity index (χ1v) is 10.1. The van der Waals surface area contributed by atoms with Gasteiger partial charge in [-0.05, 0) is 32.0 Å². The fourth-order valence-electron chi connectivity index (χ4n) is 2.46. The Morgan fingerprint density at radius 3 is 3.04 bits per heavy atom. The standard InChI is InChI=1S/C18H18N2O5S2/c1-3-24-16(22)7-12-9-26-18(19-12)27-10(2)17(23)11-4-5-14-13(6-11)20-15(21)8-25-14/h4-6,9-10H,3,7-8H2,1-2H3,(H,20,21)/t10-/m0/s1. The summed E-state index contributed by atoms with van der Waals surface area (Å²) in [7, 11) is 0. The molecule has 7 nitrogen and oxygen atoms in total. The molecule has 1 aromatic carbocycles. The van der Waals surface area contributed by atoms with Crippen LogP contribution in [0.1, 0.15) is 29.9 Å². The first-order valence-electron chi connectivity index (χ1n) is 8.34. The van der Waals surface area contributed by atoms with Gasteiger partial charge in [0.15, 0.2) is 16.7 Å². The maximum Gasteiger partial charge on any atom is 0.311 e. The number of ether oxygens (including phenoxy) is 2. The van der Waals surface area contributed by atoms with E-state index in [-0.39, 0.29) is 35.9 Å².